The number of nitrogens with zero attached hydrogens (tertiary/aromatic N) is 3. The van der Waals surface area contributed by atoms with Gasteiger partial charge in [-0.15, -0.1) is 0 Å². The number of hydrogen-bond donors (Lipinski definition) is 0. The van der Waals surface area contributed by atoms with Crippen molar-refractivity contribution < 1.29 is 0 Å². The molecular formula is C47H29N3. The SMILES string of the molecule is N#Cc1ccc(-n2c3ccccc3c3ccc(-c4ccc(-c5ccc6c7ccccc7n(-c7ccc8ccccc8c7)c6c5)cc4)cc32)cc1. The minimum absolute atomic E-state index is 0.657. The van der Waals surface area contributed by atoms with Crippen LogP contribution >= 0.6 is 0 Å². The summed E-state index contributed by atoms with van der Waals surface area (Å²) in [5.74, 6) is 0. The van der Waals surface area contributed by atoms with Gasteiger partial charge in [-0.25, -0.2) is 0 Å². The Kier molecular flexibility index (Phi) is 6.24. The van der Waals surface area contributed by atoms with Crippen LogP contribution in [0.1, 0.15) is 5.56 Å². The maximum atomic E-state index is 9.37. The molecule has 0 amide bonds. The summed E-state index contributed by atoms with van der Waals surface area (Å²) in [5, 5.41) is 16.8. The fourth-order valence-corrected chi connectivity index (χ4v) is 7.71. The first kappa shape index (κ1) is 28.2. The molecule has 10 aromatic rings. The van der Waals surface area contributed by atoms with Gasteiger partial charge in [0.05, 0.1) is 33.7 Å². The minimum atomic E-state index is 0.657. The molecular weight excluding hydrogens is 607 g/mol. The Morgan fingerprint density at radius 1 is 0.340 bits per heavy atom. The Bertz CT molecular complexity index is 2970. The van der Waals surface area contributed by atoms with E-state index in [0.717, 1.165) is 28.0 Å². The summed E-state index contributed by atoms with van der Waals surface area (Å²) in [6.07, 6.45) is 0. The first-order chi connectivity index (χ1) is 24.7. The monoisotopic (exact) mass is 635 g/mol. The molecule has 2 heterocycles. The minimum Gasteiger partial charge on any atom is -0.309 e. The molecule has 3 nitrogen and oxygen atoms in total. The number of aromatic nitrogens is 2. The molecule has 0 saturated heterocycles. The number of benzene rings is 8. The van der Waals surface area contributed by atoms with Crippen molar-refractivity contribution in [2.24, 2.45) is 0 Å². The van der Waals surface area contributed by atoms with Crippen LogP contribution in [0.2, 0.25) is 0 Å². The first-order valence-corrected chi connectivity index (χ1v) is 16.9. The van der Waals surface area contributed by atoms with Crippen LogP contribution in [0.3, 0.4) is 0 Å². The molecule has 0 saturated carbocycles. The number of nitriles is 1. The summed E-state index contributed by atoms with van der Waals surface area (Å²) in [5.41, 5.74) is 12.3. The van der Waals surface area contributed by atoms with E-state index in [1.807, 2.05) is 24.3 Å². The number of para-hydroxylation sites is 2. The van der Waals surface area contributed by atoms with Gasteiger partial charge in [-0.3, -0.25) is 0 Å². The highest BCUT2D eigenvalue weighted by Crippen LogP contribution is 2.38. The molecule has 0 aliphatic rings. The van der Waals surface area contributed by atoms with Crippen molar-refractivity contribution >= 4 is 54.4 Å². The van der Waals surface area contributed by atoms with E-state index in [9.17, 15) is 5.26 Å². The summed E-state index contributed by atoms with van der Waals surface area (Å²) in [4.78, 5) is 0. The van der Waals surface area contributed by atoms with Crippen molar-refractivity contribution in [1.29, 1.82) is 5.26 Å². The van der Waals surface area contributed by atoms with Gasteiger partial charge in [0.2, 0.25) is 0 Å². The van der Waals surface area contributed by atoms with Crippen LogP contribution in [0.15, 0.2) is 176 Å². The van der Waals surface area contributed by atoms with E-state index >= 15 is 0 Å². The summed E-state index contributed by atoms with van der Waals surface area (Å²) in [6.45, 7) is 0. The van der Waals surface area contributed by atoms with Crippen molar-refractivity contribution in [3.05, 3.63) is 181 Å². The third-order valence-corrected chi connectivity index (χ3v) is 10.1. The van der Waals surface area contributed by atoms with Crippen molar-refractivity contribution in [3.63, 3.8) is 0 Å². The Hall–Kier alpha value is -6.89. The maximum absolute atomic E-state index is 9.37. The molecule has 0 N–H and O–H groups in total. The molecule has 0 spiro atoms. The second-order valence-corrected chi connectivity index (χ2v) is 12.9. The van der Waals surface area contributed by atoms with Gasteiger partial charge < -0.3 is 9.13 Å². The van der Waals surface area contributed by atoms with Gasteiger partial charge in [-0.1, -0.05) is 115 Å². The van der Waals surface area contributed by atoms with Crippen LogP contribution in [-0.4, -0.2) is 9.13 Å². The predicted molar refractivity (Wildman–Crippen MR) is 208 cm³/mol. The lowest BCUT2D eigenvalue weighted by atomic mass is 9.98. The lowest BCUT2D eigenvalue weighted by Crippen LogP contribution is -1.94. The van der Waals surface area contributed by atoms with Crippen molar-refractivity contribution in [1.82, 2.24) is 9.13 Å². The van der Waals surface area contributed by atoms with Crippen LogP contribution < -0.4 is 0 Å². The summed E-state index contributed by atoms with van der Waals surface area (Å²) in [7, 11) is 0. The molecule has 232 valence electrons. The molecule has 8 aromatic carbocycles. The van der Waals surface area contributed by atoms with E-state index in [1.54, 1.807) is 0 Å². The molecule has 0 bridgehead atoms. The van der Waals surface area contributed by atoms with Crippen LogP contribution in [0, 0.1) is 11.3 Å². The highest BCUT2D eigenvalue weighted by molar-refractivity contribution is 6.11. The lowest BCUT2D eigenvalue weighted by Gasteiger charge is -2.11. The zero-order chi connectivity index (χ0) is 33.2. The Morgan fingerprint density at radius 2 is 0.800 bits per heavy atom. The van der Waals surface area contributed by atoms with Gasteiger partial charge in [0, 0.05) is 32.9 Å². The summed E-state index contributed by atoms with van der Waals surface area (Å²) in [6, 6.07) is 65.1. The number of hydrogen-bond acceptors (Lipinski definition) is 1. The van der Waals surface area contributed by atoms with Crippen molar-refractivity contribution in [2.75, 3.05) is 0 Å². The molecule has 0 radical (unpaired) electrons. The smallest absolute Gasteiger partial charge is 0.0991 e. The average Bonchev–Trinajstić information content (AvgIpc) is 3.70. The normalized spacial score (nSPS) is 11.6. The van der Waals surface area contributed by atoms with Crippen LogP contribution in [0.25, 0.3) is 88.0 Å². The average molecular weight is 636 g/mol. The third-order valence-electron chi connectivity index (χ3n) is 10.1. The largest absolute Gasteiger partial charge is 0.309 e. The van der Waals surface area contributed by atoms with Gasteiger partial charge in [0.1, 0.15) is 0 Å². The quantitative estimate of drug-likeness (QED) is 0.189. The molecule has 50 heavy (non-hydrogen) atoms. The van der Waals surface area contributed by atoms with Crippen LogP contribution in [-0.2, 0) is 0 Å². The Balaban J connectivity index is 1.07. The molecule has 2 aromatic heterocycles. The molecule has 0 atom stereocenters. The molecule has 0 aliphatic heterocycles. The van der Waals surface area contributed by atoms with Gasteiger partial charge in [0.25, 0.3) is 0 Å². The van der Waals surface area contributed by atoms with Gasteiger partial charge >= 0.3 is 0 Å². The van der Waals surface area contributed by atoms with Crippen LogP contribution in [0.4, 0.5) is 0 Å². The van der Waals surface area contributed by atoms with Crippen molar-refractivity contribution in [3.8, 4) is 39.7 Å². The zero-order valence-corrected chi connectivity index (χ0v) is 27.1. The zero-order valence-electron chi connectivity index (χ0n) is 27.1. The number of fused-ring (bicyclic) bond motifs is 7. The lowest BCUT2D eigenvalue weighted by molar-refractivity contribution is 1.18. The molecule has 0 aliphatic carbocycles. The van der Waals surface area contributed by atoms with E-state index in [4.69, 9.17) is 0 Å². The molecule has 0 unspecified atom stereocenters. The number of rotatable bonds is 4. The Labute approximate surface area is 289 Å². The van der Waals surface area contributed by atoms with Crippen molar-refractivity contribution in [2.45, 2.75) is 0 Å². The second-order valence-electron chi connectivity index (χ2n) is 12.9. The molecule has 3 heteroatoms. The molecule has 10 rings (SSSR count). The van der Waals surface area contributed by atoms with E-state index in [2.05, 4.69) is 167 Å². The highest BCUT2D eigenvalue weighted by atomic mass is 15.0. The van der Waals surface area contributed by atoms with Crippen LogP contribution in [0.5, 0.6) is 0 Å². The topological polar surface area (TPSA) is 33.6 Å². The van der Waals surface area contributed by atoms with E-state index < -0.39 is 0 Å². The van der Waals surface area contributed by atoms with E-state index in [0.29, 0.717) is 5.56 Å². The van der Waals surface area contributed by atoms with E-state index in [1.165, 1.54) is 60.0 Å². The summed E-state index contributed by atoms with van der Waals surface area (Å²) >= 11 is 0. The van der Waals surface area contributed by atoms with Gasteiger partial charge in [0.15, 0.2) is 0 Å². The summed E-state index contributed by atoms with van der Waals surface area (Å²) < 4.78 is 4.70. The van der Waals surface area contributed by atoms with Gasteiger partial charge in [-0.2, -0.15) is 5.26 Å². The predicted octanol–water partition coefficient (Wildman–Crippen LogP) is 12.2. The fraction of sp³-hybridized carbons (Fsp3) is 0. The fourth-order valence-electron chi connectivity index (χ4n) is 7.71. The first-order valence-electron chi connectivity index (χ1n) is 16.9. The second kappa shape index (κ2) is 11.1. The van der Waals surface area contributed by atoms with E-state index in [-0.39, 0.29) is 0 Å². The molecule has 0 fully saturated rings. The maximum Gasteiger partial charge on any atom is 0.0991 e. The standard InChI is InChI=1S/C47H29N3/c48-30-31-13-22-38(23-14-31)49-44-11-5-3-9-40(44)42-25-20-36(28-46(42)49)33-15-17-34(18-16-33)37-21-26-43-41-10-4-6-12-45(41)50(47(43)29-37)39-24-19-32-7-1-2-8-35(32)27-39/h1-29H. The third kappa shape index (κ3) is 4.36. The van der Waals surface area contributed by atoms with Gasteiger partial charge in [-0.05, 0) is 93.7 Å². The highest BCUT2D eigenvalue weighted by Gasteiger charge is 2.15. The Morgan fingerprint density at radius 3 is 1.38 bits per heavy atom.